The first-order chi connectivity index (χ1) is 35.2. The number of esters is 1. The Hall–Kier alpha value is -0.993. The van der Waals surface area contributed by atoms with Gasteiger partial charge in [-0.1, -0.05) is 74.6 Å². The summed E-state index contributed by atoms with van der Waals surface area (Å²) < 4.78 is 17.4. The van der Waals surface area contributed by atoms with Crippen LogP contribution < -0.4 is 18.9 Å². The zero-order valence-electron chi connectivity index (χ0n) is 50.3. The van der Waals surface area contributed by atoms with Crippen molar-refractivity contribution in [3.05, 3.63) is 35.9 Å². The van der Waals surface area contributed by atoms with Crippen molar-refractivity contribution in [1.29, 1.82) is 0 Å². The summed E-state index contributed by atoms with van der Waals surface area (Å²) in [5.74, 6) is 10.4. The van der Waals surface area contributed by atoms with Gasteiger partial charge in [-0.3, -0.25) is 0 Å². The smallest absolute Gasteiger partial charge is 0.870 e. The van der Waals surface area contributed by atoms with Crippen LogP contribution in [0.1, 0.15) is 248 Å². The normalized spacial score (nSPS) is 43.0. The van der Waals surface area contributed by atoms with Gasteiger partial charge in [0.05, 0.1) is 22.9 Å². The fourth-order valence-corrected chi connectivity index (χ4v) is 21.7. The second-order valence-electron chi connectivity index (χ2n) is 30.1. The van der Waals surface area contributed by atoms with E-state index >= 15 is 0 Å². The summed E-state index contributed by atoms with van der Waals surface area (Å²) in [4.78, 5) is 13.1. The van der Waals surface area contributed by atoms with Gasteiger partial charge in [-0.2, -0.15) is 0 Å². The first-order valence-corrected chi connectivity index (χ1v) is 31.8. The molecule has 2 saturated heterocycles. The van der Waals surface area contributed by atoms with Gasteiger partial charge < -0.3 is 40.5 Å². The average Bonchev–Trinajstić information content (AvgIpc) is 4.13. The van der Waals surface area contributed by atoms with Crippen LogP contribution in [-0.4, -0.2) is 82.1 Å². The number of aliphatic hydroxyl groups excluding tert-OH is 1. The van der Waals surface area contributed by atoms with Crippen molar-refractivity contribution in [2.75, 3.05) is 26.4 Å². The Kier molecular flexibility index (Phi) is 24.0. The standard InChI is InChI=1S/C37H56O4.C30H52O3.2CH4.Li.2H2O/c1-25(10-15-33(26-17-22-40-23-18-26)41-34(38)27-8-6-5-7-9-27)30-13-14-31-29-12-11-28-24-35(2,39)20-21-36(28,3)32(29)16-19-37(30,31)4;1-20(5-10-27(31)21-12-17-33-18-13-21)24-8-9-25-23-7-6-22-19-28(2,32)15-16-29(22,3)26(23)11-14-30(24,25)4;;;;;/h5-9,25-26,28-33,39H,10-24H2,1-4H3;20-27,31-32H,5-19H2,1-4H3;2*1H4;;2*1H2/q;;;;+1;;/p-1/t25-,28+,29+,30-,31+,32+,33+,35+,36+,37-;20-,22+,23+,24-,25+,26+,27+,28+,29+,30-;;;;;/m11...../s1. The number of aliphatic hydroxyl groups is 3. The Morgan fingerprint density at radius 3 is 1.42 bits per heavy atom. The second kappa shape index (κ2) is 27.6. The van der Waals surface area contributed by atoms with Gasteiger partial charge in [0.25, 0.3) is 0 Å². The summed E-state index contributed by atoms with van der Waals surface area (Å²) in [5, 5.41) is 32.4. The van der Waals surface area contributed by atoms with Crippen molar-refractivity contribution in [3.63, 3.8) is 0 Å². The molecule has 1 aromatic carbocycles. The maximum atomic E-state index is 13.1. The molecule has 20 atom stereocenters. The molecule has 10 aliphatic rings. The van der Waals surface area contributed by atoms with E-state index in [1.807, 2.05) is 30.3 Å². The van der Waals surface area contributed by atoms with Gasteiger partial charge in [0.2, 0.25) is 0 Å². The van der Waals surface area contributed by atoms with Crippen molar-refractivity contribution in [1.82, 2.24) is 0 Å². The molecule has 8 saturated carbocycles. The minimum Gasteiger partial charge on any atom is -0.870 e. The summed E-state index contributed by atoms with van der Waals surface area (Å²) in [6.07, 6.45) is 31.3. The molecule has 11 rings (SSSR count). The first kappa shape index (κ1) is 68.8. The van der Waals surface area contributed by atoms with E-state index in [2.05, 4.69) is 55.4 Å². The average molecular weight is 1100 g/mol. The Bertz CT molecular complexity index is 2020. The molecule has 0 radical (unpaired) electrons. The predicted molar refractivity (Wildman–Crippen MR) is 316 cm³/mol. The number of carbonyl (C=O) groups excluding carboxylic acids is 1. The predicted octanol–water partition coefficient (Wildman–Crippen LogP) is 12.3. The molecular formula is C69H119LiO9. The molecule has 10 fully saturated rings. The molecule has 0 spiro atoms. The van der Waals surface area contributed by atoms with Crippen molar-refractivity contribution < 1.29 is 64.1 Å². The third-order valence-corrected chi connectivity index (χ3v) is 26.1. The van der Waals surface area contributed by atoms with E-state index in [1.54, 1.807) is 0 Å². The van der Waals surface area contributed by atoms with Crippen LogP contribution in [0.15, 0.2) is 30.3 Å². The van der Waals surface area contributed by atoms with E-state index in [0.29, 0.717) is 50.9 Å². The van der Waals surface area contributed by atoms with Crippen LogP contribution in [0.4, 0.5) is 0 Å². The van der Waals surface area contributed by atoms with Gasteiger partial charge in [0.1, 0.15) is 6.10 Å². The van der Waals surface area contributed by atoms with Gasteiger partial charge in [-0.15, -0.1) is 0 Å². The number of fused-ring (bicyclic) bond motifs is 10. The molecule has 79 heavy (non-hydrogen) atoms. The van der Waals surface area contributed by atoms with E-state index in [0.717, 1.165) is 156 Å². The van der Waals surface area contributed by atoms with Crippen molar-refractivity contribution in [3.8, 4) is 0 Å². The molecule has 0 bridgehead atoms. The number of rotatable bonds is 12. The zero-order valence-corrected chi connectivity index (χ0v) is 50.3. The van der Waals surface area contributed by atoms with Gasteiger partial charge in [0.15, 0.2) is 0 Å². The number of benzene rings is 1. The van der Waals surface area contributed by atoms with Gasteiger partial charge in [-0.25, -0.2) is 4.79 Å². The number of hydrogen-bond donors (Lipinski definition) is 3. The first-order valence-electron chi connectivity index (χ1n) is 31.8. The molecule has 10 heteroatoms. The third-order valence-electron chi connectivity index (χ3n) is 26.1. The summed E-state index contributed by atoms with van der Waals surface area (Å²) in [5.41, 5.74) is 1.62. The van der Waals surface area contributed by atoms with Crippen LogP contribution in [0.3, 0.4) is 0 Å². The van der Waals surface area contributed by atoms with E-state index in [-0.39, 0.29) is 62.8 Å². The maximum absolute atomic E-state index is 13.1. The minimum absolute atomic E-state index is 0. The molecule has 1 aromatic rings. The van der Waals surface area contributed by atoms with E-state index in [4.69, 9.17) is 14.2 Å². The quantitative estimate of drug-likeness (QED) is 0.137. The Labute approximate surface area is 495 Å². The molecule has 6 N–H and O–H groups in total. The Morgan fingerprint density at radius 2 is 0.962 bits per heavy atom. The topological polar surface area (TPSA) is 167 Å². The Morgan fingerprint density at radius 1 is 0.544 bits per heavy atom. The fraction of sp³-hybridized carbons (Fsp3) is 0.899. The van der Waals surface area contributed by atoms with Crippen molar-refractivity contribution >= 4 is 5.97 Å². The number of ether oxygens (including phenoxy) is 3. The van der Waals surface area contributed by atoms with E-state index in [1.165, 1.54) is 96.3 Å². The van der Waals surface area contributed by atoms with E-state index < -0.39 is 11.2 Å². The summed E-state index contributed by atoms with van der Waals surface area (Å²) in [6, 6.07) is 9.51. The van der Waals surface area contributed by atoms with Crippen LogP contribution in [0.2, 0.25) is 0 Å². The third kappa shape index (κ3) is 13.8. The molecule has 8 aliphatic carbocycles. The minimum atomic E-state index is -0.452. The second-order valence-corrected chi connectivity index (χ2v) is 30.1. The molecular weight excluding hydrogens is 980 g/mol. The summed E-state index contributed by atoms with van der Waals surface area (Å²) in [7, 11) is 0. The summed E-state index contributed by atoms with van der Waals surface area (Å²) >= 11 is 0. The molecule has 0 amide bonds. The van der Waals surface area contributed by atoms with Gasteiger partial charge >= 0.3 is 24.8 Å². The van der Waals surface area contributed by atoms with E-state index in [9.17, 15) is 20.1 Å². The fourth-order valence-electron chi connectivity index (χ4n) is 21.7. The van der Waals surface area contributed by atoms with Crippen LogP contribution >= 0.6 is 0 Å². The van der Waals surface area contributed by atoms with Gasteiger partial charge in [-0.05, 0) is 292 Å². The number of hydrogen-bond acceptors (Lipinski definition) is 8. The molecule has 2 heterocycles. The zero-order chi connectivity index (χ0) is 52.3. The summed E-state index contributed by atoms with van der Waals surface area (Å²) in [6.45, 7) is 22.9. The van der Waals surface area contributed by atoms with Crippen LogP contribution in [0, 0.1) is 105 Å². The maximum Gasteiger partial charge on any atom is 1.00 e. The number of carbonyl (C=O) groups is 1. The molecule has 0 unspecified atom stereocenters. The van der Waals surface area contributed by atoms with Crippen LogP contribution in [-0.2, 0) is 14.2 Å². The monoisotopic (exact) mass is 1100 g/mol. The van der Waals surface area contributed by atoms with Crippen LogP contribution in [0.5, 0.6) is 0 Å². The van der Waals surface area contributed by atoms with Crippen molar-refractivity contribution in [2.24, 2.45) is 105 Å². The SMILES string of the molecule is C.C.C[C@H](CC[C@H](O)C1CCOCC1)[C@H]1CC[C@H]2[C@@H]3CC[C@H]4C[C@@](C)(O)CC[C@]4(C)[C@H]3CC[C@]12C.C[C@H](CC[C@H](OC(=O)c1ccccc1)C1CCOCC1)[C@H]1CC[C@H]2[C@@H]3CC[C@H]4C[C@@](C)(O)CC[C@]4(C)[C@H]3CC[C@]12C.O.[Li+].[OH-]. The molecule has 450 valence electrons. The van der Waals surface area contributed by atoms with Crippen molar-refractivity contribution in [2.45, 2.75) is 261 Å². The molecule has 9 nitrogen and oxygen atoms in total. The molecule has 0 aromatic heterocycles. The largest absolute Gasteiger partial charge is 1.00 e. The van der Waals surface area contributed by atoms with Crippen LogP contribution in [0.25, 0.3) is 0 Å². The molecule has 2 aliphatic heterocycles. The van der Waals surface area contributed by atoms with Gasteiger partial charge in [0, 0.05) is 32.3 Å². The Balaban J connectivity index is 0.000000279.